The van der Waals surface area contributed by atoms with Crippen LogP contribution in [0, 0.1) is 0 Å². The fourth-order valence-electron chi connectivity index (χ4n) is 1.67. The molecule has 3 radical (unpaired) electrons. The molecule has 0 nitrogen and oxygen atoms in total. The van der Waals surface area contributed by atoms with Crippen molar-refractivity contribution in [2.24, 2.45) is 0 Å². The average molecular weight is 187 g/mol. The maximum atomic E-state index is 3.92. The van der Waals surface area contributed by atoms with Gasteiger partial charge in [0.15, 0.2) is 0 Å². The van der Waals surface area contributed by atoms with Crippen molar-refractivity contribution in [3.8, 4) is 0 Å². The van der Waals surface area contributed by atoms with Crippen LogP contribution in [0.15, 0.2) is 24.8 Å². The maximum absolute atomic E-state index is 3.92. The van der Waals surface area contributed by atoms with Crippen LogP contribution in [-0.4, -0.2) is 10.2 Å². The van der Waals surface area contributed by atoms with Gasteiger partial charge < -0.3 is 0 Å². The van der Waals surface area contributed by atoms with E-state index in [9.17, 15) is 0 Å². The normalized spacial score (nSPS) is 10.1. The first-order valence-electron chi connectivity index (χ1n) is 4.72. The van der Waals surface area contributed by atoms with Gasteiger partial charge in [-0.3, -0.25) is 0 Å². The first kappa shape index (κ1) is 10.3. The predicted octanol–water partition coefficient (Wildman–Crippen LogP) is 2.95. The molecule has 1 heteroatoms. The molecular formula is C12H15Si. The van der Waals surface area contributed by atoms with Crippen LogP contribution in [0.4, 0.5) is 0 Å². The van der Waals surface area contributed by atoms with Gasteiger partial charge in [0.05, 0.1) is 10.2 Å². The van der Waals surface area contributed by atoms with E-state index in [1.165, 1.54) is 16.7 Å². The minimum absolute atomic E-state index is 0.979. The van der Waals surface area contributed by atoms with E-state index in [4.69, 9.17) is 0 Å². The second-order valence-corrected chi connectivity index (χ2v) is 3.73. The van der Waals surface area contributed by atoms with Gasteiger partial charge in [-0.05, 0) is 29.5 Å². The minimum Gasteiger partial charge on any atom is -0.100 e. The van der Waals surface area contributed by atoms with Crippen molar-refractivity contribution in [2.75, 3.05) is 0 Å². The summed E-state index contributed by atoms with van der Waals surface area (Å²) in [7, 11) is 3.49. The predicted molar refractivity (Wildman–Crippen MR) is 60.0 cm³/mol. The van der Waals surface area contributed by atoms with Crippen molar-refractivity contribution in [3.63, 3.8) is 0 Å². The van der Waals surface area contributed by atoms with E-state index in [1.54, 1.807) is 0 Å². The van der Waals surface area contributed by atoms with Gasteiger partial charge in [0.25, 0.3) is 0 Å². The quantitative estimate of drug-likeness (QED) is 0.638. The number of hydrogen-bond acceptors (Lipinski definition) is 0. The van der Waals surface area contributed by atoms with Gasteiger partial charge in [-0.25, -0.2) is 0 Å². The zero-order chi connectivity index (χ0) is 9.84. The second kappa shape index (κ2) is 4.42. The Bertz CT molecular complexity index is 313. The summed E-state index contributed by atoms with van der Waals surface area (Å²) in [4.78, 5) is 0. The van der Waals surface area contributed by atoms with Crippen LogP contribution in [-0.2, 0) is 12.8 Å². The van der Waals surface area contributed by atoms with Crippen molar-refractivity contribution in [1.82, 2.24) is 0 Å². The first-order valence-corrected chi connectivity index (χ1v) is 5.22. The lowest BCUT2D eigenvalue weighted by Crippen LogP contribution is -1.97. The zero-order valence-corrected chi connectivity index (χ0v) is 9.35. The fourth-order valence-corrected chi connectivity index (χ4v) is 1.90. The van der Waals surface area contributed by atoms with E-state index >= 15 is 0 Å². The standard InChI is InChI=1S/C12H15Si/c1-4-10-7-6-8-12(9(3)13)11(10)5-2/h6-8H,3-5H2,1-2H3. The average Bonchev–Trinajstić information content (AvgIpc) is 2.16. The van der Waals surface area contributed by atoms with Crippen LogP contribution < -0.4 is 0 Å². The Labute approximate surface area is 84.1 Å². The molecule has 1 aromatic carbocycles. The molecule has 1 rings (SSSR count). The third-order valence-electron chi connectivity index (χ3n) is 2.33. The first-order chi connectivity index (χ1) is 6.20. The van der Waals surface area contributed by atoms with E-state index in [1.807, 2.05) is 0 Å². The summed E-state index contributed by atoms with van der Waals surface area (Å²) in [6.45, 7) is 8.30. The molecule has 0 N–H and O–H groups in total. The molecule has 0 spiro atoms. The second-order valence-electron chi connectivity index (χ2n) is 3.13. The molecule has 0 atom stereocenters. The summed E-state index contributed by atoms with van der Waals surface area (Å²) in [5.74, 6) is 0. The van der Waals surface area contributed by atoms with Crippen molar-refractivity contribution in [3.05, 3.63) is 41.5 Å². The van der Waals surface area contributed by atoms with Crippen LogP contribution >= 0.6 is 0 Å². The van der Waals surface area contributed by atoms with Gasteiger partial charge in [-0.15, -0.1) is 6.58 Å². The Morgan fingerprint density at radius 3 is 2.46 bits per heavy atom. The molecule has 0 fully saturated rings. The molecule has 0 saturated heterocycles. The van der Waals surface area contributed by atoms with Gasteiger partial charge in [0.2, 0.25) is 0 Å². The molecule has 0 aliphatic carbocycles. The summed E-state index contributed by atoms with van der Waals surface area (Å²) in [5, 5.41) is 0.979. The van der Waals surface area contributed by atoms with Crippen molar-refractivity contribution >= 4 is 15.4 Å². The summed E-state index contributed by atoms with van der Waals surface area (Å²) in [6.07, 6.45) is 2.17. The molecular weight excluding hydrogens is 172 g/mol. The van der Waals surface area contributed by atoms with E-state index in [0.29, 0.717) is 0 Å². The van der Waals surface area contributed by atoms with Gasteiger partial charge in [0.1, 0.15) is 0 Å². The van der Waals surface area contributed by atoms with Crippen LogP contribution in [0.25, 0.3) is 5.20 Å². The van der Waals surface area contributed by atoms with Gasteiger partial charge >= 0.3 is 0 Å². The molecule has 0 aliphatic rings. The van der Waals surface area contributed by atoms with E-state index in [2.05, 4.69) is 48.9 Å². The highest BCUT2D eigenvalue weighted by atomic mass is 28.1. The Kier molecular flexibility index (Phi) is 3.49. The molecule has 1 aromatic rings. The lowest BCUT2D eigenvalue weighted by atomic mass is 9.97. The zero-order valence-electron chi connectivity index (χ0n) is 8.35. The molecule has 0 amide bonds. The van der Waals surface area contributed by atoms with Crippen molar-refractivity contribution in [2.45, 2.75) is 26.7 Å². The molecule has 0 unspecified atom stereocenters. The van der Waals surface area contributed by atoms with E-state index in [-0.39, 0.29) is 0 Å². The highest BCUT2D eigenvalue weighted by Gasteiger charge is 2.04. The smallest absolute Gasteiger partial charge is 0.0712 e. The molecule has 0 aromatic heterocycles. The fraction of sp³-hybridized carbons (Fsp3) is 0.333. The molecule has 0 aliphatic heterocycles. The Morgan fingerprint density at radius 2 is 2.00 bits per heavy atom. The van der Waals surface area contributed by atoms with Gasteiger partial charge in [0, 0.05) is 0 Å². The molecule has 0 bridgehead atoms. The molecule has 0 heterocycles. The van der Waals surface area contributed by atoms with E-state index < -0.39 is 0 Å². The summed E-state index contributed by atoms with van der Waals surface area (Å²) in [5.41, 5.74) is 4.10. The van der Waals surface area contributed by atoms with Crippen LogP contribution in [0.5, 0.6) is 0 Å². The SMILES string of the molecule is C=C([Si])c1cccc(CC)c1CC. The highest BCUT2D eigenvalue weighted by molar-refractivity contribution is 6.41. The van der Waals surface area contributed by atoms with Gasteiger partial charge in [-0.2, -0.15) is 0 Å². The molecule has 0 saturated carbocycles. The van der Waals surface area contributed by atoms with Crippen LogP contribution in [0.1, 0.15) is 30.5 Å². The lowest BCUT2D eigenvalue weighted by Gasteiger charge is -2.11. The summed E-state index contributed by atoms with van der Waals surface area (Å²) >= 11 is 0. The number of rotatable bonds is 3. The third kappa shape index (κ3) is 2.10. The summed E-state index contributed by atoms with van der Waals surface area (Å²) < 4.78 is 0. The van der Waals surface area contributed by atoms with Crippen molar-refractivity contribution in [1.29, 1.82) is 0 Å². The van der Waals surface area contributed by atoms with Crippen LogP contribution in [0.2, 0.25) is 0 Å². The summed E-state index contributed by atoms with van der Waals surface area (Å²) in [6, 6.07) is 6.41. The van der Waals surface area contributed by atoms with Crippen LogP contribution in [0.3, 0.4) is 0 Å². The monoisotopic (exact) mass is 187 g/mol. The van der Waals surface area contributed by atoms with Crippen molar-refractivity contribution < 1.29 is 0 Å². The lowest BCUT2D eigenvalue weighted by molar-refractivity contribution is 1.03. The van der Waals surface area contributed by atoms with E-state index in [0.717, 1.165) is 18.0 Å². The molecule has 67 valence electrons. The Balaban J connectivity index is 3.27. The number of aryl methyl sites for hydroxylation is 1. The largest absolute Gasteiger partial charge is 0.100 e. The van der Waals surface area contributed by atoms with Gasteiger partial charge in [-0.1, -0.05) is 37.2 Å². The Hall–Kier alpha value is -0.823. The molecule has 13 heavy (non-hydrogen) atoms. The highest BCUT2D eigenvalue weighted by Crippen LogP contribution is 2.20. The Morgan fingerprint density at radius 1 is 1.31 bits per heavy atom. The topological polar surface area (TPSA) is 0 Å². The third-order valence-corrected chi connectivity index (χ3v) is 2.60. The minimum atomic E-state index is 0.979. The number of benzene rings is 1. The maximum Gasteiger partial charge on any atom is 0.0712 e. The number of hydrogen-bond donors (Lipinski definition) is 0.